The van der Waals surface area contributed by atoms with Crippen molar-refractivity contribution in [3.05, 3.63) is 17.7 Å². The molecule has 0 spiro atoms. The van der Waals surface area contributed by atoms with E-state index in [9.17, 15) is 9.59 Å². The van der Waals surface area contributed by atoms with Gasteiger partial charge in [0.05, 0.1) is 38.6 Å². The second kappa shape index (κ2) is 36.9. The summed E-state index contributed by atoms with van der Waals surface area (Å²) >= 11 is 0. The van der Waals surface area contributed by atoms with Crippen molar-refractivity contribution in [3.63, 3.8) is 0 Å². The maximum Gasteiger partial charge on any atom is 0.338 e. The number of hydrogen-bond donors (Lipinski definition) is 0. The van der Waals surface area contributed by atoms with E-state index in [1.165, 1.54) is 130 Å². The SMILES string of the molecule is CCCCCCCCCCCCC(CN(CCCC(=O)Oc1c(OC)cc(C(=O)OCCCCN(C)C)cc1OC)CC(CCCCCCCCCCCC)O[Si](C)(C)C(C)(C)C)O[Si](C)(C)C(C)(C)C. The third-order valence-electron chi connectivity index (χ3n) is 15.2. The molecule has 0 N–H and O–H groups in total. The number of benzene rings is 1. The second-order valence-electron chi connectivity index (χ2n) is 24.1. The monoisotopic (exact) mass is 1030 g/mol. The third kappa shape index (κ3) is 29.6. The highest BCUT2D eigenvalue weighted by molar-refractivity contribution is 6.74. The Morgan fingerprint density at radius 2 is 0.944 bits per heavy atom. The molecule has 0 aromatic heterocycles. The van der Waals surface area contributed by atoms with Crippen molar-refractivity contribution < 1.29 is 37.4 Å². The van der Waals surface area contributed by atoms with Crippen molar-refractivity contribution in [3.8, 4) is 17.2 Å². The first kappa shape index (κ1) is 67.0. The molecule has 1 aromatic rings. The average molecular weight is 1040 g/mol. The van der Waals surface area contributed by atoms with Crippen LogP contribution < -0.4 is 14.2 Å². The fraction of sp³-hybridized carbons (Fsp3) is 0.864. The molecule has 1 rings (SSSR count). The van der Waals surface area contributed by atoms with Gasteiger partial charge in [0, 0.05) is 19.5 Å². The molecular formula is C59H114N2O8Si2. The zero-order valence-electron chi connectivity index (χ0n) is 49.4. The van der Waals surface area contributed by atoms with Crippen molar-refractivity contribution in [1.29, 1.82) is 0 Å². The number of nitrogens with zero attached hydrogens (tertiary/aromatic N) is 2. The maximum atomic E-state index is 13.8. The molecule has 0 saturated heterocycles. The van der Waals surface area contributed by atoms with Crippen molar-refractivity contribution in [2.24, 2.45) is 0 Å². The fourth-order valence-electron chi connectivity index (χ4n) is 8.60. The summed E-state index contributed by atoms with van der Waals surface area (Å²) in [5, 5.41) is 0.182. The molecule has 10 nitrogen and oxygen atoms in total. The van der Waals surface area contributed by atoms with E-state index in [1.54, 1.807) is 12.1 Å². The van der Waals surface area contributed by atoms with E-state index in [-0.39, 0.29) is 57.5 Å². The number of carbonyl (C=O) groups is 2. The Morgan fingerprint density at radius 3 is 1.31 bits per heavy atom. The number of rotatable bonds is 43. The minimum Gasteiger partial charge on any atom is -0.493 e. The highest BCUT2D eigenvalue weighted by atomic mass is 28.4. The van der Waals surface area contributed by atoms with Crippen LogP contribution in [0.5, 0.6) is 17.2 Å². The predicted octanol–water partition coefficient (Wildman–Crippen LogP) is 16.6. The van der Waals surface area contributed by atoms with E-state index >= 15 is 0 Å². The van der Waals surface area contributed by atoms with E-state index in [0.717, 1.165) is 58.2 Å². The number of unbranched alkanes of at least 4 members (excludes halogenated alkanes) is 19. The molecule has 416 valence electrons. The summed E-state index contributed by atoms with van der Waals surface area (Å²) in [6, 6.07) is 3.12. The Hall–Kier alpha value is -1.97. The Balaban J connectivity index is 3.37. The predicted molar refractivity (Wildman–Crippen MR) is 306 cm³/mol. The highest BCUT2D eigenvalue weighted by Gasteiger charge is 2.41. The summed E-state index contributed by atoms with van der Waals surface area (Å²) in [4.78, 5) is 31.5. The van der Waals surface area contributed by atoms with Gasteiger partial charge in [-0.2, -0.15) is 0 Å². The van der Waals surface area contributed by atoms with Crippen LogP contribution in [-0.2, 0) is 18.4 Å². The molecule has 0 heterocycles. The van der Waals surface area contributed by atoms with E-state index in [4.69, 9.17) is 27.8 Å². The smallest absolute Gasteiger partial charge is 0.338 e. The molecule has 2 unspecified atom stereocenters. The Kier molecular flexibility index (Phi) is 34.8. The largest absolute Gasteiger partial charge is 0.493 e. The van der Waals surface area contributed by atoms with Gasteiger partial charge in [-0.05, 0) is 108 Å². The number of hydrogen-bond acceptors (Lipinski definition) is 10. The lowest BCUT2D eigenvalue weighted by Crippen LogP contribution is -2.50. The molecule has 0 bridgehead atoms. The van der Waals surface area contributed by atoms with Crippen molar-refractivity contribution in [1.82, 2.24) is 9.80 Å². The van der Waals surface area contributed by atoms with Crippen LogP contribution in [0.3, 0.4) is 0 Å². The summed E-state index contributed by atoms with van der Waals surface area (Å²) in [7, 11) is 2.85. The van der Waals surface area contributed by atoms with E-state index in [0.29, 0.717) is 19.6 Å². The Labute approximate surface area is 440 Å². The maximum absolute atomic E-state index is 13.8. The zero-order valence-corrected chi connectivity index (χ0v) is 51.4. The lowest BCUT2D eigenvalue weighted by molar-refractivity contribution is -0.134. The van der Waals surface area contributed by atoms with Gasteiger partial charge in [0.2, 0.25) is 5.75 Å². The first-order valence-corrected chi connectivity index (χ1v) is 34.7. The quantitative estimate of drug-likeness (QED) is 0.0272. The fourth-order valence-corrected chi connectivity index (χ4v) is 11.4. The molecule has 0 aliphatic heterocycles. The Bertz CT molecular complexity index is 1460. The van der Waals surface area contributed by atoms with Crippen LogP contribution in [0.1, 0.15) is 233 Å². The van der Waals surface area contributed by atoms with Gasteiger partial charge in [-0.1, -0.05) is 184 Å². The van der Waals surface area contributed by atoms with Gasteiger partial charge >= 0.3 is 11.9 Å². The Morgan fingerprint density at radius 1 is 0.549 bits per heavy atom. The van der Waals surface area contributed by atoms with E-state index in [2.05, 4.69) is 91.4 Å². The van der Waals surface area contributed by atoms with Crippen molar-refractivity contribution >= 4 is 28.6 Å². The lowest BCUT2D eigenvalue weighted by atomic mass is 10.0. The molecule has 0 amide bonds. The summed E-state index contributed by atoms with van der Waals surface area (Å²) < 4.78 is 37.6. The van der Waals surface area contributed by atoms with Gasteiger partial charge in [-0.3, -0.25) is 9.69 Å². The van der Waals surface area contributed by atoms with E-state index in [1.807, 2.05) is 14.1 Å². The summed E-state index contributed by atoms with van der Waals surface area (Å²) in [6.07, 6.45) is 31.0. The molecular weight excluding hydrogens is 921 g/mol. The second-order valence-corrected chi connectivity index (χ2v) is 33.6. The van der Waals surface area contributed by atoms with Gasteiger partial charge in [-0.25, -0.2) is 4.79 Å². The molecule has 0 saturated carbocycles. The minimum atomic E-state index is -2.10. The highest BCUT2D eigenvalue weighted by Crippen LogP contribution is 2.41. The first-order chi connectivity index (χ1) is 33.5. The van der Waals surface area contributed by atoms with Crippen LogP contribution in [0.25, 0.3) is 0 Å². The molecule has 0 fully saturated rings. The van der Waals surface area contributed by atoms with Gasteiger partial charge in [0.1, 0.15) is 0 Å². The van der Waals surface area contributed by atoms with Crippen LogP contribution in [-0.4, -0.2) is 112 Å². The molecule has 1 aromatic carbocycles. The van der Waals surface area contributed by atoms with Crippen LogP contribution >= 0.6 is 0 Å². The number of carbonyl (C=O) groups excluding carboxylic acids is 2. The van der Waals surface area contributed by atoms with Gasteiger partial charge in [0.25, 0.3) is 0 Å². The van der Waals surface area contributed by atoms with Gasteiger partial charge in [-0.15, -0.1) is 0 Å². The summed E-state index contributed by atoms with van der Waals surface area (Å²) in [5.74, 6) is -0.199. The summed E-state index contributed by atoms with van der Waals surface area (Å²) in [6.45, 7) is 31.7. The van der Waals surface area contributed by atoms with Crippen LogP contribution in [0, 0.1) is 0 Å². The first-order valence-electron chi connectivity index (χ1n) is 28.9. The number of methoxy groups -OCH3 is 2. The van der Waals surface area contributed by atoms with Crippen LogP contribution in [0.4, 0.5) is 0 Å². The number of ether oxygens (including phenoxy) is 4. The van der Waals surface area contributed by atoms with Crippen LogP contribution in [0.15, 0.2) is 12.1 Å². The number of esters is 2. The molecule has 0 aliphatic carbocycles. The molecule has 2 atom stereocenters. The van der Waals surface area contributed by atoms with Crippen molar-refractivity contribution in [2.75, 3.05) is 61.1 Å². The standard InChI is InChI=1S/C59H114N2O8Si2/c1-17-19-21-23-25-27-29-31-33-35-40-51(68-70(13,14)58(3,4)5)48-61(49-52(69-71(15,16)59(6,7)8)41-36-34-32-30-28-26-24-22-20-18-2)44-39-42-55(62)67-56-53(64-11)46-50(47-54(56)65-12)57(63)66-45-38-37-43-60(9)10/h46-47,51-52H,17-45,48-49H2,1-16H3. The molecule has 0 radical (unpaired) electrons. The van der Waals surface area contributed by atoms with Gasteiger partial charge < -0.3 is 32.7 Å². The summed E-state index contributed by atoms with van der Waals surface area (Å²) in [5.41, 5.74) is 0.279. The van der Waals surface area contributed by atoms with E-state index < -0.39 is 22.6 Å². The van der Waals surface area contributed by atoms with Crippen LogP contribution in [0.2, 0.25) is 36.3 Å². The zero-order chi connectivity index (χ0) is 53.4. The normalized spacial score (nSPS) is 13.5. The van der Waals surface area contributed by atoms with Crippen molar-refractivity contribution in [2.45, 2.75) is 271 Å². The lowest BCUT2D eigenvalue weighted by Gasteiger charge is -2.42. The minimum absolute atomic E-state index is 0.0908. The molecule has 0 aliphatic rings. The third-order valence-corrected chi connectivity index (χ3v) is 24.3. The molecule has 71 heavy (non-hydrogen) atoms. The average Bonchev–Trinajstić information content (AvgIpc) is 3.28. The topological polar surface area (TPSA) is 96.0 Å². The molecule has 12 heteroatoms. The van der Waals surface area contributed by atoms with Gasteiger partial charge in [0.15, 0.2) is 28.1 Å².